The highest BCUT2D eigenvalue weighted by Gasteiger charge is 2.31. The number of benzene rings is 1. The number of nitrogens with zero attached hydrogens (tertiary/aromatic N) is 2. The van der Waals surface area contributed by atoms with Crippen LogP contribution in [0.25, 0.3) is 0 Å². The summed E-state index contributed by atoms with van der Waals surface area (Å²) in [5.41, 5.74) is 17.4. The molecule has 17 nitrogen and oxygen atoms in total. The van der Waals surface area contributed by atoms with Crippen LogP contribution in [0.4, 0.5) is 0 Å². The third kappa shape index (κ3) is 12.5. The topological polar surface area (TPSA) is 301 Å². The number of H-pyrrole nitrogens is 1. The number of imidazole rings is 1. The maximum absolute atomic E-state index is 13.5. The lowest BCUT2D eigenvalue weighted by molar-refractivity contribution is -0.142. The van der Waals surface area contributed by atoms with Crippen molar-refractivity contribution in [1.29, 1.82) is 0 Å². The van der Waals surface area contributed by atoms with E-state index in [1.165, 1.54) is 36.8 Å². The molecule has 4 unspecified atom stereocenters. The van der Waals surface area contributed by atoms with E-state index in [9.17, 15) is 34.2 Å². The summed E-state index contributed by atoms with van der Waals surface area (Å²) in [6.07, 6.45) is 2.30. The van der Waals surface area contributed by atoms with Gasteiger partial charge in [0, 0.05) is 37.7 Å². The van der Waals surface area contributed by atoms with Gasteiger partial charge in [0.25, 0.3) is 0 Å². The van der Waals surface area contributed by atoms with Gasteiger partial charge >= 0.3 is 11.9 Å². The van der Waals surface area contributed by atoms with E-state index in [1.807, 2.05) is 0 Å². The number of aromatic amines is 1. The Kier molecular flexibility index (Phi) is 13.4. The highest BCUT2D eigenvalue weighted by atomic mass is 16.4. The van der Waals surface area contributed by atoms with Crippen molar-refractivity contribution >= 4 is 35.6 Å². The van der Waals surface area contributed by atoms with E-state index in [1.54, 1.807) is 0 Å². The average molecular weight is 604 g/mol. The number of carboxylic acid groups (broad SMARTS) is 2. The van der Waals surface area contributed by atoms with Crippen LogP contribution in [0.1, 0.15) is 36.9 Å². The monoisotopic (exact) mass is 603 g/mol. The second-order valence-electron chi connectivity index (χ2n) is 9.66. The molecule has 0 saturated heterocycles. The molecular formula is C26H37N9O8. The number of carbonyl (C=O) groups excluding carboxylic acids is 3. The van der Waals surface area contributed by atoms with E-state index >= 15 is 0 Å². The summed E-state index contributed by atoms with van der Waals surface area (Å²) >= 11 is 0. The average Bonchev–Trinajstić information content (AvgIpc) is 3.46. The molecule has 3 amide bonds. The molecule has 0 bridgehead atoms. The lowest BCUT2D eigenvalue weighted by Crippen LogP contribution is -2.58. The maximum atomic E-state index is 13.5. The zero-order chi connectivity index (χ0) is 31.9. The second kappa shape index (κ2) is 16.9. The SMILES string of the molecule is NC(N)=NCCCC(NC(=O)C(Cc1cnc[nH]1)NC(=O)C(Cc1ccc(O)cc1)NC(=O)C(N)CCC(=O)O)C(=O)O. The van der Waals surface area contributed by atoms with Gasteiger partial charge in [0.05, 0.1) is 12.4 Å². The Labute approximate surface area is 246 Å². The number of aliphatic carboxylic acids is 2. The number of aromatic nitrogens is 2. The van der Waals surface area contributed by atoms with Gasteiger partial charge in [-0.3, -0.25) is 24.2 Å². The number of rotatable bonds is 18. The van der Waals surface area contributed by atoms with Crippen LogP contribution < -0.4 is 33.2 Å². The van der Waals surface area contributed by atoms with Crippen LogP contribution in [-0.4, -0.2) is 91.6 Å². The molecule has 0 aliphatic heterocycles. The van der Waals surface area contributed by atoms with E-state index < -0.39 is 53.8 Å². The fraction of sp³-hybridized carbons (Fsp3) is 0.423. The van der Waals surface area contributed by atoms with E-state index in [4.69, 9.17) is 22.3 Å². The molecule has 0 radical (unpaired) electrons. The van der Waals surface area contributed by atoms with Crippen LogP contribution in [0, 0.1) is 0 Å². The van der Waals surface area contributed by atoms with Crippen molar-refractivity contribution in [1.82, 2.24) is 25.9 Å². The number of phenols is 1. The highest BCUT2D eigenvalue weighted by molar-refractivity contribution is 5.94. The summed E-state index contributed by atoms with van der Waals surface area (Å²) in [6.45, 7) is 0.142. The van der Waals surface area contributed by atoms with Crippen molar-refractivity contribution < 1.29 is 39.3 Å². The number of amides is 3. The lowest BCUT2D eigenvalue weighted by atomic mass is 10.0. The molecule has 0 spiro atoms. The van der Waals surface area contributed by atoms with Crippen LogP contribution in [0.3, 0.4) is 0 Å². The first kappa shape index (κ1) is 34.0. The van der Waals surface area contributed by atoms with E-state index in [0.717, 1.165) is 0 Å². The number of nitrogens with two attached hydrogens (primary N) is 3. The van der Waals surface area contributed by atoms with Crippen molar-refractivity contribution in [2.75, 3.05) is 6.54 Å². The van der Waals surface area contributed by atoms with Gasteiger partial charge in [-0.05, 0) is 37.0 Å². The minimum absolute atomic E-state index is 0.00363. The smallest absolute Gasteiger partial charge is 0.326 e. The van der Waals surface area contributed by atoms with Crippen molar-refractivity contribution in [2.45, 2.75) is 62.7 Å². The number of phenolic OH excluding ortho intramolecular Hbond substituents is 1. The first-order valence-corrected chi connectivity index (χ1v) is 13.3. The quantitative estimate of drug-likeness (QED) is 0.0488. The van der Waals surface area contributed by atoms with Gasteiger partial charge in [-0.2, -0.15) is 0 Å². The Balaban J connectivity index is 2.25. The van der Waals surface area contributed by atoms with Gasteiger partial charge in [0.1, 0.15) is 23.9 Å². The summed E-state index contributed by atoms with van der Waals surface area (Å²) in [6, 6.07) is 0.707. The molecule has 0 fully saturated rings. The standard InChI is InChI=1S/C26H37N9O8/c27-17(7-8-21(37)38)22(39)34-19(10-14-3-5-16(36)6-4-14)23(40)35-20(11-15-12-30-13-32-15)24(41)33-18(25(42)43)2-1-9-31-26(28)29/h3-6,12-13,17-20,36H,1-2,7-11,27H2,(H,30,32)(H,33,41)(H,34,39)(H,35,40)(H,37,38)(H,42,43)(H4,28,29,31). The number of hydrogen-bond donors (Lipinski definition) is 10. The molecular weight excluding hydrogens is 566 g/mol. The summed E-state index contributed by atoms with van der Waals surface area (Å²) in [4.78, 5) is 72.7. The number of aromatic hydroxyl groups is 1. The Morgan fingerprint density at radius 3 is 2.05 bits per heavy atom. The van der Waals surface area contributed by atoms with Crippen molar-refractivity contribution in [3.8, 4) is 5.75 Å². The summed E-state index contributed by atoms with van der Waals surface area (Å²) in [7, 11) is 0. The predicted octanol–water partition coefficient (Wildman–Crippen LogP) is -2.31. The van der Waals surface area contributed by atoms with E-state index in [-0.39, 0.29) is 56.8 Å². The molecule has 0 aliphatic rings. The Hall–Kier alpha value is -5.19. The Morgan fingerprint density at radius 2 is 1.49 bits per heavy atom. The van der Waals surface area contributed by atoms with Crippen molar-refractivity contribution in [3.63, 3.8) is 0 Å². The molecule has 0 saturated carbocycles. The molecule has 234 valence electrons. The number of guanidine groups is 1. The number of carbonyl (C=O) groups is 5. The maximum Gasteiger partial charge on any atom is 0.326 e. The molecule has 17 heteroatoms. The first-order valence-electron chi connectivity index (χ1n) is 13.3. The van der Waals surface area contributed by atoms with Crippen molar-refractivity contribution in [3.05, 3.63) is 48.0 Å². The Morgan fingerprint density at radius 1 is 0.884 bits per heavy atom. The van der Waals surface area contributed by atoms with Crippen LogP contribution in [-0.2, 0) is 36.8 Å². The van der Waals surface area contributed by atoms with E-state index in [0.29, 0.717) is 11.3 Å². The molecule has 0 aliphatic carbocycles. The third-order valence-corrected chi connectivity index (χ3v) is 6.19. The largest absolute Gasteiger partial charge is 0.508 e. The van der Waals surface area contributed by atoms with Gasteiger partial charge in [0.15, 0.2) is 5.96 Å². The summed E-state index contributed by atoms with van der Waals surface area (Å²) < 4.78 is 0. The molecule has 2 aromatic rings. The molecule has 1 heterocycles. The number of carboxylic acids is 2. The second-order valence-corrected chi connectivity index (χ2v) is 9.66. The summed E-state index contributed by atoms with van der Waals surface area (Å²) in [5, 5.41) is 35.6. The zero-order valence-corrected chi connectivity index (χ0v) is 23.2. The van der Waals surface area contributed by atoms with E-state index in [2.05, 4.69) is 30.9 Å². The molecule has 1 aromatic carbocycles. The van der Waals surface area contributed by atoms with Gasteiger partial charge in [-0.1, -0.05) is 12.1 Å². The fourth-order valence-electron chi connectivity index (χ4n) is 3.90. The van der Waals surface area contributed by atoms with Crippen molar-refractivity contribution in [2.24, 2.45) is 22.2 Å². The Bertz CT molecular complexity index is 1260. The normalized spacial score (nSPS) is 13.5. The van der Waals surface area contributed by atoms with Gasteiger partial charge in [0.2, 0.25) is 17.7 Å². The number of aliphatic imine (C=N–C) groups is 1. The van der Waals surface area contributed by atoms with Gasteiger partial charge < -0.3 is 53.5 Å². The van der Waals surface area contributed by atoms with Crippen LogP contribution >= 0.6 is 0 Å². The number of nitrogens with one attached hydrogen (secondary N) is 4. The summed E-state index contributed by atoms with van der Waals surface area (Å²) in [5.74, 6) is -5.04. The predicted molar refractivity (Wildman–Crippen MR) is 152 cm³/mol. The van der Waals surface area contributed by atoms with Gasteiger partial charge in [-0.25, -0.2) is 9.78 Å². The van der Waals surface area contributed by atoms with Crippen LogP contribution in [0.2, 0.25) is 0 Å². The van der Waals surface area contributed by atoms with Crippen LogP contribution in [0.5, 0.6) is 5.75 Å². The molecule has 1 aromatic heterocycles. The highest BCUT2D eigenvalue weighted by Crippen LogP contribution is 2.12. The van der Waals surface area contributed by atoms with Gasteiger partial charge in [-0.15, -0.1) is 0 Å². The minimum Gasteiger partial charge on any atom is -0.508 e. The van der Waals surface area contributed by atoms with Crippen LogP contribution in [0.15, 0.2) is 41.8 Å². The minimum atomic E-state index is -1.32. The third-order valence-electron chi connectivity index (χ3n) is 6.19. The fourth-order valence-corrected chi connectivity index (χ4v) is 3.90. The molecule has 4 atom stereocenters. The lowest BCUT2D eigenvalue weighted by Gasteiger charge is -2.25. The molecule has 43 heavy (non-hydrogen) atoms. The molecule has 13 N–H and O–H groups in total. The molecule has 2 rings (SSSR count). The zero-order valence-electron chi connectivity index (χ0n) is 23.2. The first-order chi connectivity index (χ1) is 20.3. The number of hydrogen-bond acceptors (Lipinski definition) is 9.